The quantitative estimate of drug-likeness (QED) is 0.168. The van der Waals surface area contributed by atoms with Crippen LogP contribution in [-0.2, 0) is 6.42 Å². The van der Waals surface area contributed by atoms with E-state index in [-0.39, 0.29) is 17.1 Å². The van der Waals surface area contributed by atoms with E-state index < -0.39 is 0 Å². The Kier molecular flexibility index (Phi) is 6.84. The minimum absolute atomic E-state index is 0.0363. The maximum absolute atomic E-state index is 13.7. The summed E-state index contributed by atoms with van der Waals surface area (Å²) in [5.41, 5.74) is 3.33. The summed E-state index contributed by atoms with van der Waals surface area (Å²) in [6.45, 7) is 6.13. The van der Waals surface area contributed by atoms with Gasteiger partial charge in [0.1, 0.15) is 4.83 Å². The fourth-order valence-corrected chi connectivity index (χ4v) is 5.97. The first-order valence-corrected chi connectivity index (χ1v) is 12.6. The summed E-state index contributed by atoms with van der Waals surface area (Å²) in [6, 6.07) is 14.6. The van der Waals surface area contributed by atoms with Crippen LogP contribution >= 0.6 is 34.7 Å². The maximum Gasteiger partial charge on any atom is 0.267 e. The third-order valence-electron chi connectivity index (χ3n) is 5.27. The largest absolute Gasteiger partial charge is 0.293 e. The molecule has 2 aromatic heterocycles. The first-order valence-electron chi connectivity index (χ1n) is 10.4. The van der Waals surface area contributed by atoms with Gasteiger partial charge in [-0.15, -0.1) is 11.3 Å². The zero-order chi connectivity index (χ0) is 22.8. The summed E-state index contributed by atoms with van der Waals surface area (Å²) in [5, 5.41) is 1.79. The van der Waals surface area contributed by atoms with Crippen LogP contribution in [0.3, 0.4) is 0 Å². The molecule has 2 heterocycles. The van der Waals surface area contributed by atoms with Gasteiger partial charge in [-0.1, -0.05) is 48.8 Å². The number of rotatable bonds is 7. The average molecular weight is 483 g/mol. The highest BCUT2D eigenvalue weighted by Gasteiger charge is 2.20. The number of fused-ring (bicyclic) bond motifs is 1. The number of Topliss-reactive ketones (excluding diaryl/α,β-unsaturated/α-hetero) is 1. The SMILES string of the molecule is CCCc1sc2nc(SCC(=O)c3ccc(Cl)cc3)n(-c3cccc(C)c3)c(=O)c2c1C. The number of carbonyl (C=O) groups is 1. The molecule has 0 amide bonds. The molecule has 0 N–H and O–H groups in total. The molecule has 0 saturated heterocycles. The van der Waals surface area contributed by atoms with E-state index in [9.17, 15) is 9.59 Å². The van der Waals surface area contributed by atoms with Gasteiger partial charge in [0.2, 0.25) is 0 Å². The van der Waals surface area contributed by atoms with Crippen molar-refractivity contribution in [1.29, 1.82) is 0 Å². The van der Waals surface area contributed by atoms with Crippen LogP contribution in [0, 0.1) is 13.8 Å². The molecule has 0 unspecified atom stereocenters. The van der Waals surface area contributed by atoms with E-state index in [2.05, 4.69) is 6.92 Å². The van der Waals surface area contributed by atoms with Gasteiger partial charge in [0, 0.05) is 15.5 Å². The highest BCUT2D eigenvalue weighted by Crippen LogP contribution is 2.31. The van der Waals surface area contributed by atoms with Crippen molar-refractivity contribution >= 4 is 50.7 Å². The Morgan fingerprint density at radius 2 is 1.91 bits per heavy atom. The Hall–Kier alpha value is -2.41. The lowest BCUT2D eigenvalue weighted by molar-refractivity contribution is 0.102. The molecule has 0 spiro atoms. The predicted octanol–water partition coefficient (Wildman–Crippen LogP) is 6.64. The van der Waals surface area contributed by atoms with E-state index >= 15 is 0 Å². The maximum atomic E-state index is 13.7. The molecule has 2 aromatic carbocycles. The molecular formula is C25H23ClN2O2S2. The van der Waals surface area contributed by atoms with Crippen molar-refractivity contribution < 1.29 is 4.79 Å². The van der Waals surface area contributed by atoms with Gasteiger partial charge in [0.05, 0.1) is 16.8 Å². The van der Waals surface area contributed by atoms with E-state index in [0.717, 1.165) is 34.5 Å². The van der Waals surface area contributed by atoms with Gasteiger partial charge in [-0.2, -0.15) is 0 Å². The third kappa shape index (κ3) is 4.53. The van der Waals surface area contributed by atoms with E-state index in [1.165, 1.54) is 16.6 Å². The van der Waals surface area contributed by atoms with Gasteiger partial charge >= 0.3 is 0 Å². The molecule has 4 rings (SSSR count). The second-order valence-electron chi connectivity index (χ2n) is 7.67. The molecule has 0 aliphatic carbocycles. The lowest BCUT2D eigenvalue weighted by atomic mass is 10.1. The molecule has 0 aliphatic heterocycles. The van der Waals surface area contributed by atoms with Crippen molar-refractivity contribution in [2.45, 2.75) is 38.8 Å². The van der Waals surface area contributed by atoms with Gasteiger partial charge in [-0.3, -0.25) is 14.2 Å². The Bertz CT molecular complexity index is 1360. The Morgan fingerprint density at radius 3 is 2.59 bits per heavy atom. The van der Waals surface area contributed by atoms with Crippen LogP contribution < -0.4 is 5.56 Å². The minimum Gasteiger partial charge on any atom is -0.293 e. The lowest BCUT2D eigenvalue weighted by Crippen LogP contribution is -2.22. The number of carbonyl (C=O) groups excluding carboxylic acids is 1. The average Bonchev–Trinajstić information content (AvgIpc) is 3.08. The lowest BCUT2D eigenvalue weighted by Gasteiger charge is -2.13. The molecule has 32 heavy (non-hydrogen) atoms. The molecule has 4 aromatic rings. The molecular weight excluding hydrogens is 460 g/mol. The second kappa shape index (κ2) is 9.61. The number of nitrogens with zero attached hydrogens (tertiary/aromatic N) is 2. The summed E-state index contributed by atoms with van der Waals surface area (Å²) in [7, 11) is 0. The first-order chi connectivity index (χ1) is 15.4. The number of hydrogen-bond acceptors (Lipinski definition) is 5. The molecule has 4 nitrogen and oxygen atoms in total. The third-order valence-corrected chi connectivity index (χ3v) is 7.70. The molecule has 7 heteroatoms. The van der Waals surface area contributed by atoms with Crippen LogP contribution in [0.4, 0.5) is 0 Å². The number of aryl methyl sites for hydroxylation is 3. The summed E-state index contributed by atoms with van der Waals surface area (Å²) in [4.78, 5) is 33.2. The fourth-order valence-electron chi connectivity index (χ4n) is 3.62. The molecule has 0 fully saturated rings. The highest BCUT2D eigenvalue weighted by atomic mass is 35.5. The zero-order valence-electron chi connectivity index (χ0n) is 18.1. The molecule has 164 valence electrons. The fraction of sp³-hybridized carbons (Fsp3) is 0.240. The van der Waals surface area contributed by atoms with E-state index in [0.29, 0.717) is 21.1 Å². The normalized spacial score (nSPS) is 11.2. The van der Waals surface area contributed by atoms with Gasteiger partial charge in [0.15, 0.2) is 10.9 Å². The van der Waals surface area contributed by atoms with Crippen LogP contribution in [0.25, 0.3) is 15.9 Å². The summed E-state index contributed by atoms with van der Waals surface area (Å²) in [5.74, 6) is 0.142. The van der Waals surface area contributed by atoms with Crippen LogP contribution in [0.2, 0.25) is 5.02 Å². The topological polar surface area (TPSA) is 52.0 Å². The summed E-state index contributed by atoms with van der Waals surface area (Å²) in [6.07, 6.45) is 1.94. The Labute approximate surface area is 200 Å². The van der Waals surface area contributed by atoms with E-state index in [1.54, 1.807) is 40.2 Å². The standard InChI is InChI=1S/C25H23ClN2O2S2/c1-4-6-21-16(3)22-23(32-21)27-25(28(24(22)30)19-8-5-7-15(2)13-19)31-14-20(29)17-9-11-18(26)12-10-17/h5,7-13H,4,6,14H2,1-3H3. The summed E-state index contributed by atoms with van der Waals surface area (Å²) < 4.78 is 1.64. The number of thiophene rings is 1. The number of aromatic nitrogens is 2. The van der Waals surface area contributed by atoms with Crippen LogP contribution in [-0.4, -0.2) is 21.1 Å². The Balaban J connectivity index is 1.80. The van der Waals surface area contributed by atoms with Gasteiger partial charge in [0.25, 0.3) is 5.56 Å². The van der Waals surface area contributed by atoms with Crippen molar-refractivity contribution in [3.05, 3.63) is 85.5 Å². The smallest absolute Gasteiger partial charge is 0.267 e. The van der Waals surface area contributed by atoms with Crippen LogP contribution in [0.15, 0.2) is 58.5 Å². The predicted molar refractivity (Wildman–Crippen MR) is 135 cm³/mol. The zero-order valence-corrected chi connectivity index (χ0v) is 20.5. The van der Waals surface area contributed by atoms with Gasteiger partial charge in [-0.05, 0) is 67.8 Å². The molecule has 0 saturated carbocycles. The number of benzene rings is 2. The van der Waals surface area contributed by atoms with Crippen molar-refractivity contribution in [3.63, 3.8) is 0 Å². The number of thioether (sulfide) groups is 1. The van der Waals surface area contributed by atoms with Crippen LogP contribution in [0.1, 0.15) is 39.7 Å². The second-order valence-corrected chi connectivity index (χ2v) is 10.1. The summed E-state index contributed by atoms with van der Waals surface area (Å²) >= 11 is 8.80. The van der Waals surface area contributed by atoms with Crippen molar-refractivity contribution in [2.24, 2.45) is 0 Å². The molecule has 0 radical (unpaired) electrons. The monoisotopic (exact) mass is 482 g/mol. The van der Waals surface area contributed by atoms with E-state index in [1.807, 2.05) is 38.1 Å². The number of ketones is 1. The van der Waals surface area contributed by atoms with Crippen molar-refractivity contribution in [2.75, 3.05) is 5.75 Å². The van der Waals surface area contributed by atoms with Gasteiger partial charge < -0.3 is 0 Å². The van der Waals surface area contributed by atoms with Gasteiger partial charge in [-0.25, -0.2) is 4.98 Å². The van der Waals surface area contributed by atoms with Crippen molar-refractivity contribution in [3.8, 4) is 5.69 Å². The highest BCUT2D eigenvalue weighted by molar-refractivity contribution is 7.99. The molecule has 0 aliphatic rings. The number of hydrogen-bond donors (Lipinski definition) is 0. The minimum atomic E-state index is -0.0851. The number of halogens is 1. The molecule has 0 atom stereocenters. The van der Waals surface area contributed by atoms with Crippen LogP contribution in [0.5, 0.6) is 0 Å². The van der Waals surface area contributed by atoms with Crippen molar-refractivity contribution in [1.82, 2.24) is 9.55 Å². The Morgan fingerprint density at radius 1 is 1.16 bits per heavy atom. The molecule has 0 bridgehead atoms. The van der Waals surface area contributed by atoms with E-state index in [4.69, 9.17) is 16.6 Å². The first kappa shape index (κ1) is 22.8.